The van der Waals surface area contributed by atoms with Gasteiger partial charge in [0.1, 0.15) is 0 Å². The zero-order valence-corrected chi connectivity index (χ0v) is 11.5. The van der Waals surface area contributed by atoms with Crippen molar-refractivity contribution in [2.75, 3.05) is 46.3 Å². The van der Waals surface area contributed by atoms with Crippen LogP contribution in [0.4, 0.5) is 0 Å². The third-order valence-corrected chi connectivity index (χ3v) is 3.57. The Bertz CT molecular complexity index is 404. The summed E-state index contributed by atoms with van der Waals surface area (Å²) in [7, 11) is 2.16. The Labute approximate surface area is 114 Å². The van der Waals surface area contributed by atoms with Gasteiger partial charge >= 0.3 is 0 Å². The third kappa shape index (κ3) is 4.38. The van der Waals surface area contributed by atoms with Gasteiger partial charge < -0.3 is 20.4 Å². The quantitative estimate of drug-likeness (QED) is 0.532. The van der Waals surface area contributed by atoms with Crippen molar-refractivity contribution in [3.8, 4) is 11.5 Å². The molecule has 1 fully saturated rings. The summed E-state index contributed by atoms with van der Waals surface area (Å²) in [5, 5.41) is 22.0. The predicted molar refractivity (Wildman–Crippen MR) is 75.4 cm³/mol. The standard InChI is InChI=1S/C14H23N3O2/c1-16-6-8-17(9-7-16)5-4-15-11-12-2-3-13(18)14(19)10-12/h2-3,10,15,18-19H,4-9,11H2,1H3. The molecule has 0 saturated carbocycles. The first-order valence-electron chi connectivity index (χ1n) is 6.77. The maximum absolute atomic E-state index is 9.39. The molecule has 0 radical (unpaired) electrons. The Balaban J connectivity index is 1.65. The second-order valence-corrected chi connectivity index (χ2v) is 5.14. The molecular formula is C14H23N3O2. The summed E-state index contributed by atoms with van der Waals surface area (Å²) in [5.41, 5.74) is 0.980. The molecule has 0 aliphatic carbocycles. The predicted octanol–water partition coefficient (Wildman–Crippen LogP) is 0.435. The van der Waals surface area contributed by atoms with Crippen molar-refractivity contribution >= 4 is 0 Å². The van der Waals surface area contributed by atoms with Crippen LogP contribution in [-0.2, 0) is 6.54 Å². The molecule has 1 aromatic rings. The van der Waals surface area contributed by atoms with Gasteiger partial charge in [0.05, 0.1) is 0 Å². The zero-order valence-electron chi connectivity index (χ0n) is 11.5. The lowest BCUT2D eigenvalue weighted by Crippen LogP contribution is -2.46. The Morgan fingerprint density at radius 1 is 1.11 bits per heavy atom. The fourth-order valence-electron chi connectivity index (χ4n) is 2.22. The molecule has 19 heavy (non-hydrogen) atoms. The van der Waals surface area contributed by atoms with Crippen LogP contribution in [0.25, 0.3) is 0 Å². The molecule has 0 amide bonds. The minimum atomic E-state index is -0.0683. The van der Waals surface area contributed by atoms with Crippen molar-refractivity contribution in [3.05, 3.63) is 23.8 Å². The average Bonchev–Trinajstić information content (AvgIpc) is 2.41. The molecule has 0 aromatic heterocycles. The molecular weight excluding hydrogens is 242 g/mol. The summed E-state index contributed by atoms with van der Waals surface area (Å²) in [6.45, 7) is 7.26. The highest BCUT2D eigenvalue weighted by Crippen LogP contribution is 2.24. The number of nitrogens with zero attached hydrogens (tertiary/aromatic N) is 2. The van der Waals surface area contributed by atoms with Gasteiger partial charge in [-0.3, -0.25) is 4.90 Å². The zero-order chi connectivity index (χ0) is 13.7. The van der Waals surface area contributed by atoms with Gasteiger partial charge in [-0.05, 0) is 24.7 Å². The maximum atomic E-state index is 9.39. The highest BCUT2D eigenvalue weighted by Gasteiger charge is 2.12. The summed E-state index contributed by atoms with van der Waals surface area (Å²) in [4.78, 5) is 4.81. The topological polar surface area (TPSA) is 59.0 Å². The van der Waals surface area contributed by atoms with Crippen LogP contribution in [0.1, 0.15) is 5.56 Å². The normalized spacial score (nSPS) is 17.7. The number of likely N-dealkylation sites (N-methyl/N-ethyl adjacent to an activating group) is 1. The molecule has 1 aliphatic rings. The highest BCUT2D eigenvalue weighted by atomic mass is 16.3. The fraction of sp³-hybridized carbons (Fsp3) is 0.571. The van der Waals surface area contributed by atoms with Gasteiger partial charge in [0.2, 0.25) is 0 Å². The Morgan fingerprint density at radius 2 is 1.84 bits per heavy atom. The molecule has 5 heteroatoms. The smallest absolute Gasteiger partial charge is 0.157 e. The second-order valence-electron chi connectivity index (χ2n) is 5.14. The molecule has 1 heterocycles. The van der Waals surface area contributed by atoms with Crippen molar-refractivity contribution in [3.63, 3.8) is 0 Å². The molecule has 0 unspecified atom stereocenters. The van der Waals surface area contributed by atoms with Crippen molar-refractivity contribution in [2.45, 2.75) is 6.54 Å². The van der Waals surface area contributed by atoms with Crippen LogP contribution in [-0.4, -0.2) is 66.3 Å². The van der Waals surface area contributed by atoms with Gasteiger partial charge in [-0.1, -0.05) is 6.07 Å². The Hall–Kier alpha value is -1.30. The molecule has 1 saturated heterocycles. The number of phenolic OH excluding ortho intramolecular Hbond substituents is 2. The summed E-state index contributed by atoms with van der Waals surface area (Å²) >= 11 is 0. The first kappa shape index (κ1) is 14.1. The van der Waals surface area contributed by atoms with E-state index in [9.17, 15) is 10.2 Å². The first-order chi connectivity index (χ1) is 9.15. The number of nitrogens with one attached hydrogen (secondary N) is 1. The SMILES string of the molecule is CN1CCN(CCNCc2ccc(O)c(O)c2)CC1. The van der Waals surface area contributed by atoms with E-state index in [0.29, 0.717) is 6.54 Å². The lowest BCUT2D eigenvalue weighted by molar-refractivity contribution is 0.154. The lowest BCUT2D eigenvalue weighted by atomic mass is 10.2. The fourth-order valence-corrected chi connectivity index (χ4v) is 2.22. The van der Waals surface area contributed by atoms with E-state index < -0.39 is 0 Å². The molecule has 5 nitrogen and oxygen atoms in total. The first-order valence-corrected chi connectivity index (χ1v) is 6.77. The molecule has 106 valence electrons. The summed E-state index contributed by atoms with van der Waals surface area (Å²) < 4.78 is 0. The van der Waals surface area contributed by atoms with E-state index in [1.807, 2.05) is 6.07 Å². The van der Waals surface area contributed by atoms with Crippen molar-refractivity contribution in [1.82, 2.24) is 15.1 Å². The number of benzene rings is 1. The lowest BCUT2D eigenvalue weighted by Gasteiger charge is -2.32. The minimum absolute atomic E-state index is 0.0571. The van der Waals surface area contributed by atoms with E-state index in [1.54, 1.807) is 6.07 Å². The van der Waals surface area contributed by atoms with Crippen LogP contribution in [0.2, 0.25) is 0 Å². The number of hydrogen-bond acceptors (Lipinski definition) is 5. The molecule has 0 atom stereocenters. The molecule has 3 N–H and O–H groups in total. The van der Waals surface area contributed by atoms with Crippen LogP contribution in [0.3, 0.4) is 0 Å². The van der Waals surface area contributed by atoms with Gasteiger partial charge in [-0.15, -0.1) is 0 Å². The van der Waals surface area contributed by atoms with Gasteiger partial charge in [0, 0.05) is 45.8 Å². The Morgan fingerprint density at radius 3 is 2.53 bits per heavy atom. The van der Waals surface area contributed by atoms with Crippen LogP contribution < -0.4 is 5.32 Å². The highest BCUT2D eigenvalue weighted by molar-refractivity contribution is 5.40. The maximum Gasteiger partial charge on any atom is 0.157 e. The number of hydrogen-bond donors (Lipinski definition) is 3. The minimum Gasteiger partial charge on any atom is -0.504 e. The van der Waals surface area contributed by atoms with Crippen molar-refractivity contribution in [1.29, 1.82) is 0 Å². The van der Waals surface area contributed by atoms with Gasteiger partial charge in [-0.2, -0.15) is 0 Å². The summed E-state index contributed by atoms with van der Waals surface area (Å²) in [6, 6.07) is 4.93. The van der Waals surface area contributed by atoms with E-state index in [-0.39, 0.29) is 11.5 Å². The van der Waals surface area contributed by atoms with E-state index in [2.05, 4.69) is 22.2 Å². The van der Waals surface area contributed by atoms with Gasteiger partial charge in [0.25, 0.3) is 0 Å². The number of aromatic hydroxyl groups is 2. The van der Waals surface area contributed by atoms with Crippen LogP contribution in [0, 0.1) is 0 Å². The molecule has 1 aromatic carbocycles. The third-order valence-electron chi connectivity index (χ3n) is 3.57. The average molecular weight is 265 g/mol. The summed E-state index contributed by atoms with van der Waals surface area (Å²) in [5.74, 6) is -0.125. The van der Waals surface area contributed by atoms with Crippen LogP contribution in [0.15, 0.2) is 18.2 Å². The monoisotopic (exact) mass is 265 g/mol. The second kappa shape index (κ2) is 6.75. The van der Waals surface area contributed by atoms with Crippen molar-refractivity contribution < 1.29 is 10.2 Å². The van der Waals surface area contributed by atoms with Gasteiger partial charge in [0.15, 0.2) is 11.5 Å². The van der Waals surface area contributed by atoms with Crippen LogP contribution >= 0.6 is 0 Å². The van der Waals surface area contributed by atoms with E-state index in [1.165, 1.54) is 6.07 Å². The molecule has 0 spiro atoms. The number of rotatable bonds is 5. The van der Waals surface area contributed by atoms with E-state index >= 15 is 0 Å². The van der Waals surface area contributed by atoms with Crippen molar-refractivity contribution in [2.24, 2.45) is 0 Å². The molecule has 2 rings (SSSR count). The number of piperazine rings is 1. The van der Waals surface area contributed by atoms with E-state index in [4.69, 9.17) is 0 Å². The molecule has 0 bridgehead atoms. The van der Waals surface area contributed by atoms with E-state index in [0.717, 1.165) is 44.8 Å². The van der Waals surface area contributed by atoms with Gasteiger partial charge in [-0.25, -0.2) is 0 Å². The number of phenols is 2. The summed E-state index contributed by atoms with van der Waals surface area (Å²) in [6.07, 6.45) is 0. The van der Waals surface area contributed by atoms with Crippen LogP contribution in [0.5, 0.6) is 11.5 Å². The molecule has 1 aliphatic heterocycles. The Kier molecular flexibility index (Phi) is 5.01. The largest absolute Gasteiger partial charge is 0.504 e.